The van der Waals surface area contributed by atoms with Crippen LogP contribution in [0.1, 0.15) is 31.2 Å². The summed E-state index contributed by atoms with van der Waals surface area (Å²) in [5.41, 5.74) is 2.35. The molecule has 24 heavy (non-hydrogen) atoms. The van der Waals surface area contributed by atoms with Crippen LogP contribution in [0.4, 0.5) is 10.1 Å². The minimum Gasteiger partial charge on any atom is -0.322 e. The largest absolute Gasteiger partial charge is 0.322 e. The van der Waals surface area contributed by atoms with E-state index in [1.54, 1.807) is 24.3 Å². The number of nitrogens with zero attached hydrogens (tertiary/aromatic N) is 1. The van der Waals surface area contributed by atoms with Crippen molar-refractivity contribution in [3.05, 3.63) is 41.0 Å². The third kappa shape index (κ3) is 3.36. The number of ether oxygens (including phenoxy) is 2. The van der Waals surface area contributed by atoms with E-state index in [9.17, 15) is 14.0 Å². The Bertz CT molecular complexity index is 663. The topological polar surface area (TPSA) is 55.8 Å². The zero-order chi connectivity index (χ0) is 17.1. The smallest absolute Gasteiger partial charge is 0.310 e. The fourth-order valence-corrected chi connectivity index (χ4v) is 3.12. The van der Waals surface area contributed by atoms with Crippen molar-refractivity contribution in [1.29, 1.82) is 0 Å². The van der Waals surface area contributed by atoms with Crippen molar-refractivity contribution in [2.45, 2.75) is 38.8 Å². The molecule has 2 aliphatic rings. The van der Waals surface area contributed by atoms with Gasteiger partial charge in [-0.1, -0.05) is 23.7 Å². The van der Waals surface area contributed by atoms with E-state index >= 15 is 0 Å². The highest BCUT2D eigenvalue weighted by Crippen LogP contribution is 2.35. The van der Waals surface area contributed by atoms with E-state index in [1.807, 2.05) is 0 Å². The first kappa shape index (κ1) is 17.1. The normalized spacial score (nSPS) is 19.0. The van der Waals surface area contributed by atoms with Crippen LogP contribution < -0.4 is 4.90 Å². The molecule has 0 aromatic heterocycles. The summed E-state index contributed by atoms with van der Waals surface area (Å²) >= 11 is 5.25. The van der Waals surface area contributed by atoms with Crippen LogP contribution in [0.5, 0.6) is 0 Å². The Morgan fingerprint density at radius 1 is 1.12 bits per heavy atom. The third-order valence-electron chi connectivity index (χ3n) is 4.13. The molecule has 0 radical (unpaired) electrons. The van der Waals surface area contributed by atoms with Crippen LogP contribution in [0.2, 0.25) is 0 Å². The van der Waals surface area contributed by atoms with E-state index in [2.05, 4.69) is 4.74 Å². The summed E-state index contributed by atoms with van der Waals surface area (Å²) in [6, 6.07) is 6.42. The Hall–Kier alpha value is -1.76. The molecule has 1 aromatic carbocycles. The molecule has 0 spiro atoms. The molecule has 1 aliphatic carbocycles. The minimum atomic E-state index is -1.92. The summed E-state index contributed by atoms with van der Waals surface area (Å²) in [4.78, 5) is 26.3. The van der Waals surface area contributed by atoms with Crippen LogP contribution in [0.3, 0.4) is 0 Å². The van der Waals surface area contributed by atoms with Gasteiger partial charge in [0.1, 0.15) is 6.07 Å². The number of hydrogen-bond acceptors (Lipinski definition) is 4. The average molecular weight is 354 g/mol. The molecule has 1 aromatic rings. The van der Waals surface area contributed by atoms with Crippen LogP contribution in [0.15, 0.2) is 35.4 Å². The van der Waals surface area contributed by atoms with E-state index in [4.69, 9.17) is 16.3 Å². The van der Waals surface area contributed by atoms with E-state index in [0.29, 0.717) is 35.2 Å². The molecule has 3 rings (SSSR count). The predicted molar refractivity (Wildman–Crippen MR) is 85.9 cm³/mol. The van der Waals surface area contributed by atoms with Crippen molar-refractivity contribution in [3.8, 4) is 0 Å². The summed E-state index contributed by atoms with van der Waals surface area (Å²) in [6.45, 7) is -1.98. The molecule has 2 amide bonds. The lowest BCUT2D eigenvalue weighted by Gasteiger charge is -2.16. The van der Waals surface area contributed by atoms with Crippen molar-refractivity contribution >= 4 is 29.1 Å². The second-order valence-corrected chi connectivity index (χ2v) is 5.86. The van der Waals surface area contributed by atoms with Gasteiger partial charge in [-0.2, -0.15) is 4.39 Å². The molecule has 1 unspecified atom stereocenters. The average Bonchev–Trinajstić information content (AvgIpc) is 2.85. The third-order valence-corrected chi connectivity index (χ3v) is 4.26. The Morgan fingerprint density at radius 2 is 1.79 bits per heavy atom. The minimum absolute atomic E-state index is 0.0603. The van der Waals surface area contributed by atoms with Crippen LogP contribution in [0.25, 0.3) is 0 Å². The van der Waals surface area contributed by atoms with Crippen molar-refractivity contribution < 1.29 is 23.5 Å². The van der Waals surface area contributed by atoms with Crippen molar-refractivity contribution in [2.75, 3.05) is 11.0 Å². The van der Waals surface area contributed by atoms with E-state index in [1.165, 1.54) is 4.90 Å². The SMILES string of the molecule is O=C1C2=C(CCCC2)C(=O)N1c1cccc(COC(F)OCCl)c1. The summed E-state index contributed by atoms with van der Waals surface area (Å²) < 4.78 is 22.5. The standard InChI is InChI=1S/C17H17ClFNO4/c18-10-24-17(19)23-9-11-4-3-5-12(8-11)20-15(21)13-6-1-2-7-14(13)16(20)22/h3-5,8,17H,1-2,6-7,9-10H2. The fraction of sp³-hybridized carbons (Fsp3) is 0.412. The first-order valence-corrected chi connectivity index (χ1v) is 8.28. The van der Waals surface area contributed by atoms with Gasteiger partial charge in [0.15, 0.2) is 0 Å². The number of anilines is 1. The zero-order valence-corrected chi connectivity index (χ0v) is 13.7. The number of rotatable bonds is 6. The Morgan fingerprint density at radius 3 is 2.42 bits per heavy atom. The van der Waals surface area contributed by atoms with Crippen molar-refractivity contribution in [1.82, 2.24) is 0 Å². The van der Waals surface area contributed by atoms with Crippen molar-refractivity contribution in [2.24, 2.45) is 0 Å². The predicted octanol–water partition coefficient (Wildman–Crippen LogP) is 3.41. The summed E-state index contributed by atoms with van der Waals surface area (Å²) in [5.74, 6) is -0.497. The lowest BCUT2D eigenvalue weighted by Crippen LogP contribution is -2.31. The maximum atomic E-state index is 13.2. The fourth-order valence-electron chi connectivity index (χ4n) is 3.02. The maximum Gasteiger partial charge on any atom is 0.310 e. The molecule has 7 heteroatoms. The second-order valence-electron chi connectivity index (χ2n) is 5.64. The highest BCUT2D eigenvalue weighted by molar-refractivity contribution is 6.33. The number of hydrogen-bond donors (Lipinski definition) is 0. The first-order chi connectivity index (χ1) is 11.6. The summed E-state index contributed by atoms with van der Waals surface area (Å²) in [6.07, 6.45) is 3.16. The molecule has 0 fully saturated rings. The van der Waals surface area contributed by atoms with Gasteiger partial charge in [0.2, 0.25) is 0 Å². The summed E-state index contributed by atoms with van der Waals surface area (Å²) in [5, 5.41) is 0. The molecule has 1 heterocycles. The van der Waals surface area contributed by atoms with Gasteiger partial charge in [0.05, 0.1) is 12.3 Å². The molecule has 0 bridgehead atoms. The van der Waals surface area contributed by atoms with Crippen molar-refractivity contribution in [3.63, 3.8) is 0 Å². The number of carbonyl (C=O) groups excluding carboxylic acids is 2. The maximum absolute atomic E-state index is 13.2. The Kier molecular flexibility index (Phi) is 5.28. The van der Waals surface area contributed by atoms with Crippen LogP contribution in [-0.4, -0.2) is 24.4 Å². The van der Waals surface area contributed by atoms with Gasteiger partial charge in [0, 0.05) is 11.1 Å². The zero-order valence-electron chi connectivity index (χ0n) is 13.0. The molecule has 5 nitrogen and oxygen atoms in total. The number of carbonyl (C=O) groups is 2. The molecular weight excluding hydrogens is 337 g/mol. The molecular formula is C17H17ClFNO4. The number of benzene rings is 1. The van der Waals surface area contributed by atoms with E-state index in [0.717, 1.165) is 12.8 Å². The molecule has 1 aliphatic heterocycles. The molecule has 1 atom stereocenters. The van der Waals surface area contributed by atoms with Gasteiger partial charge < -0.3 is 9.47 Å². The summed E-state index contributed by atoms with van der Waals surface area (Å²) in [7, 11) is 0. The molecule has 0 N–H and O–H groups in total. The first-order valence-electron chi connectivity index (χ1n) is 7.75. The Balaban J connectivity index is 1.75. The van der Waals surface area contributed by atoms with Gasteiger partial charge in [0.25, 0.3) is 11.8 Å². The highest BCUT2D eigenvalue weighted by Gasteiger charge is 2.39. The van der Waals surface area contributed by atoms with E-state index < -0.39 is 6.54 Å². The molecule has 0 saturated heterocycles. The number of halogens is 2. The number of alkyl halides is 2. The van der Waals surface area contributed by atoms with Gasteiger partial charge in [-0.3, -0.25) is 9.59 Å². The number of imide groups is 1. The monoisotopic (exact) mass is 353 g/mol. The quantitative estimate of drug-likeness (QED) is 0.447. The molecule has 0 saturated carbocycles. The van der Waals surface area contributed by atoms with Crippen LogP contribution in [-0.2, 0) is 25.7 Å². The Labute approximate surface area is 144 Å². The van der Waals surface area contributed by atoms with Gasteiger partial charge in [-0.25, -0.2) is 4.90 Å². The van der Waals surface area contributed by atoms with E-state index in [-0.39, 0.29) is 24.5 Å². The van der Waals surface area contributed by atoms with Gasteiger partial charge in [-0.05, 0) is 43.4 Å². The van der Waals surface area contributed by atoms with Crippen LogP contribution in [0, 0.1) is 0 Å². The lowest BCUT2D eigenvalue weighted by atomic mass is 9.93. The molecule has 128 valence electrons. The number of amides is 2. The second kappa shape index (κ2) is 7.42. The lowest BCUT2D eigenvalue weighted by molar-refractivity contribution is -0.214. The van der Waals surface area contributed by atoms with Crippen LogP contribution >= 0.6 is 11.6 Å². The van der Waals surface area contributed by atoms with Gasteiger partial charge >= 0.3 is 6.54 Å². The van der Waals surface area contributed by atoms with Gasteiger partial charge in [-0.15, -0.1) is 0 Å². The highest BCUT2D eigenvalue weighted by atomic mass is 35.5.